The SMILES string of the molecule is C/C=C/CCNC(=O)N(CCCO)C1CCc2ccccc21. The van der Waals surface area contributed by atoms with E-state index in [0.29, 0.717) is 19.5 Å². The van der Waals surface area contributed by atoms with Gasteiger partial charge in [0.15, 0.2) is 0 Å². The molecule has 0 heterocycles. The van der Waals surface area contributed by atoms with Crippen LogP contribution in [0, 0.1) is 0 Å². The third-order valence-corrected chi connectivity index (χ3v) is 4.12. The number of aliphatic hydroxyl groups excluding tert-OH is 1. The topological polar surface area (TPSA) is 52.6 Å². The summed E-state index contributed by atoms with van der Waals surface area (Å²) in [4.78, 5) is 14.4. The van der Waals surface area contributed by atoms with Crippen LogP contribution in [0.3, 0.4) is 0 Å². The Labute approximate surface area is 132 Å². The number of nitrogens with one attached hydrogen (secondary N) is 1. The van der Waals surface area contributed by atoms with Crippen molar-refractivity contribution in [1.29, 1.82) is 0 Å². The normalized spacial score (nSPS) is 16.7. The fourth-order valence-corrected chi connectivity index (χ4v) is 3.03. The molecule has 22 heavy (non-hydrogen) atoms. The Balaban J connectivity index is 2.04. The van der Waals surface area contributed by atoms with Crippen LogP contribution in [0.2, 0.25) is 0 Å². The minimum absolute atomic E-state index is 0.0281. The van der Waals surface area contributed by atoms with Gasteiger partial charge < -0.3 is 15.3 Å². The van der Waals surface area contributed by atoms with Crippen molar-refractivity contribution < 1.29 is 9.90 Å². The van der Waals surface area contributed by atoms with Crippen molar-refractivity contribution in [3.05, 3.63) is 47.5 Å². The Morgan fingerprint density at radius 1 is 1.45 bits per heavy atom. The molecule has 2 amide bonds. The van der Waals surface area contributed by atoms with Gasteiger partial charge >= 0.3 is 6.03 Å². The van der Waals surface area contributed by atoms with E-state index >= 15 is 0 Å². The monoisotopic (exact) mass is 302 g/mol. The van der Waals surface area contributed by atoms with E-state index in [4.69, 9.17) is 5.11 Å². The smallest absolute Gasteiger partial charge is 0.317 e. The predicted octanol–water partition coefficient (Wildman–Crippen LogP) is 3.03. The molecule has 0 saturated carbocycles. The lowest BCUT2D eigenvalue weighted by molar-refractivity contribution is 0.165. The van der Waals surface area contributed by atoms with Crippen LogP contribution in [0.15, 0.2) is 36.4 Å². The Hall–Kier alpha value is -1.81. The number of allylic oxidation sites excluding steroid dienone is 1. The highest BCUT2D eigenvalue weighted by Gasteiger charge is 2.30. The van der Waals surface area contributed by atoms with Gasteiger partial charge in [0, 0.05) is 19.7 Å². The van der Waals surface area contributed by atoms with Crippen molar-refractivity contribution in [2.45, 2.75) is 38.6 Å². The van der Waals surface area contributed by atoms with Crippen LogP contribution in [-0.2, 0) is 6.42 Å². The summed E-state index contributed by atoms with van der Waals surface area (Å²) in [7, 11) is 0. The molecule has 1 aromatic carbocycles. The van der Waals surface area contributed by atoms with E-state index in [9.17, 15) is 4.79 Å². The molecule has 0 fully saturated rings. The molecule has 4 nitrogen and oxygen atoms in total. The summed E-state index contributed by atoms with van der Waals surface area (Å²) in [6, 6.07) is 8.45. The van der Waals surface area contributed by atoms with Crippen LogP contribution >= 0.6 is 0 Å². The zero-order chi connectivity index (χ0) is 15.8. The van der Waals surface area contributed by atoms with Crippen LogP contribution in [0.5, 0.6) is 0 Å². The molecule has 1 aliphatic rings. The van der Waals surface area contributed by atoms with Gasteiger partial charge in [0.1, 0.15) is 0 Å². The molecule has 1 aliphatic carbocycles. The van der Waals surface area contributed by atoms with Crippen LogP contribution < -0.4 is 5.32 Å². The van der Waals surface area contributed by atoms with Crippen molar-refractivity contribution in [3.8, 4) is 0 Å². The number of aliphatic hydroxyl groups is 1. The van der Waals surface area contributed by atoms with Crippen LogP contribution in [-0.4, -0.2) is 35.7 Å². The predicted molar refractivity (Wildman–Crippen MR) is 88.7 cm³/mol. The van der Waals surface area contributed by atoms with Crippen LogP contribution in [0.4, 0.5) is 4.79 Å². The highest BCUT2D eigenvalue weighted by molar-refractivity contribution is 5.75. The number of fused-ring (bicyclic) bond motifs is 1. The summed E-state index contributed by atoms with van der Waals surface area (Å²) in [5.41, 5.74) is 2.59. The molecule has 0 bridgehead atoms. The molecule has 120 valence electrons. The van der Waals surface area contributed by atoms with Crippen molar-refractivity contribution in [1.82, 2.24) is 10.2 Å². The summed E-state index contributed by atoms with van der Waals surface area (Å²) in [6.45, 7) is 3.32. The fourth-order valence-electron chi connectivity index (χ4n) is 3.03. The van der Waals surface area contributed by atoms with E-state index in [2.05, 4.69) is 23.5 Å². The van der Waals surface area contributed by atoms with Crippen LogP contribution in [0.1, 0.15) is 43.4 Å². The third kappa shape index (κ3) is 4.10. The number of hydrogen-bond acceptors (Lipinski definition) is 2. The molecule has 0 radical (unpaired) electrons. The Morgan fingerprint density at radius 3 is 3.05 bits per heavy atom. The molecule has 2 rings (SSSR count). The van der Waals surface area contributed by atoms with E-state index < -0.39 is 0 Å². The molecule has 0 saturated heterocycles. The van der Waals surface area contributed by atoms with E-state index in [1.807, 2.05) is 30.0 Å². The average molecular weight is 302 g/mol. The maximum absolute atomic E-state index is 12.5. The molecule has 0 spiro atoms. The lowest BCUT2D eigenvalue weighted by Gasteiger charge is -2.30. The zero-order valence-corrected chi connectivity index (χ0v) is 13.3. The first-order valence-electron chi connectivity index (χ1n) is 8.12. The zero-order valence-electron chi connectivity index (χ0n) is 13.3. The first-order valence-corrected chi connectivity index (χ1v) is 8.12. The summed E-state index contributed by atoms with van der Waals surface area (Å²) in [5, 5.41) is 12.1. The van der Waals surface area contributed by atoms with Gasteiger partial charge in [-0.25, -0.2) is 4.79 Å². The average Bonchev–Trinajstić information content (AvgIpc) is 2.96. The maximum atomic E-state index is 12.5. The van der Waals surface area contributed by atoms with E-state index in [1.54, 1.807) is 0 Å². The Kier molecular flexibility index (Phi) is 6.46. The number of aryl methyl sites for hydroxylation is 1. The van der Waals surface area contributed by atoms with E-state index in [-0.39, 0.29) is 18.7 Å². The third-order valence-electron chi connectivity index (χ3n) is 4.12. The van der Waals surface area contributed by atoms with Crippen molar-refractivity contribution in [2.75, 3.05) is 19.7 Å². The summed E-state index contributed by atoms with van der Waals surface area (Å²) in [6.07, 6.45) is 7.47. The number of nitrogens with zero attached hydrogens (tertiary/aromatic N) is 1. The number of carbonyl (C=O) groups is 1. The van der Waals surface area contributed by atoms with E-state index in [0.717, 1.165) is 19.3 Å². The number of hydrogen-bond donors (Lipinski definition) is 2. The van der Waals surface area contributed by atoms with Gasteiger partial charge in [-0.2, -0.15) is 0 Å². The summed E-state index contributed by atoms with van der Waals surface area (Å²) >= 11 is 0. The van der Waals surface area contributed by atoms with Gasteiger partial charge in [0.05, 0.1) is 6.04 Å². The molecular weight excluding hydrogens is 276 g/mol. The highest BCUT2D eigenvalue weighted by atomic mass is 16.3. The number of carbonyl (C=O) groups excluding carboxylic acids is 1. The lowest BCUT2D eigenvalue weighted by Crippen LogP contribution is -2.42. The van der Waals surface area contributed by atoms with Gasteiger partial charge in [-0.05, 0) is 43.7 Å². The van der Waals surface area contributed by atoms with Gasteiger partial charge in [0.2, 0.25) is 0 Å². The molecule has 2 N–H and O–H groups in total. The van der Waals surface area contributed by atoms with Crippen molar-refractivity contribution in [2.24, 2.45) is 0 Å². The fraction of sp³-hybridized carbons (Fsp3) is 0.500. The minimum atomic E-state index is -0.0281. The largest absolute Gasteiger partial charge is 0.396 e. The number of urea groups is 1. The molecular formula is C18H26N2O2. The summed E-state index contributed by atoms with van der Waals surface area (Å²) in [5.74, 6) is 0. The van der Waals surface area contributed by atoms with E-state index in [1.165, 1.54) is 11.1 Å². The molecule has 0 aromatic heterocycles. The highest BCUT2D eigenvalue weighted by Crippen LogP contribution is 2.35. The van der Waals surface area contributed by atoms with Crippen molar-refractivity contribution >= 4 is 6.03 Å². The molecule has 4 heteroatoms. The molecule has 1 aromatic rings. The number of benzene rings is 1. The molecule has 0 aliphatic heterocycles. The first kappa shape index (κ1) is 16.6. The lowest BCUT2D eigenvalue weighted by atomic mass is 10.1. The number of amides is 2. The summed E-state index contributed by atoms with van der Waals surface area (Å²) < 4.78 is 0. The Bertz CT molecular complexity index is 514. The van der Waals surface area contributed by atoms with Gasteiger partial charge in [0.25, 0.3) is 0 Å². The van der Waals surface area contributed by atoms with Crippen molar-refractivity contribution in [3.63, 3.8) is 0 Å². The standard InChI is InChI=1S/C18H26N2O2/c1-2-3-6-12-19-18(22)20(13-7-14-21)17-11-10-15-8-4-5-9-16(15)17/h2-5,8-9,17,21H,6-7,10-14H2,1H3,(H,19,22)/b3-2+. The van der Waals surface area contributed by atoms with Crippen LogP contribution in [0.25, 0.3) is 0 Å². The first-order chi connectivity index (χ1) is 10.8. The van der Waals surface area contributed by atoms with Gasteiger partial charge in [-0.1, -0.05) is 36.4 Å². The van der Waals surface area contributed by atoms with Gasteiger partial charge in [-0.15, -0.1) is 0 Å². The molecule has 1 atom stereocenters. The second kappa shape index (κ2) is 8.59. The minimum Gasteiger partial charge on any atom is -0.396 e. The second-order valence-electron chi connectivity index (χ2n) is 5.61. The van der Waals surface area contributed by atoms with Gasteiger partial charge in [-0.3, -0.25) is 0 Å². The maximum Gasteiger partial charge on any atom is 0.317 e. The second-order valence-corrected chi connectivity index (χ2v) is 5.61. The molecule has 1 unspecified atom stereocenters. The quantitative estimate of drug-likeness (QED) is 0.601. The Morgan fingerprint density at radius 2 is 2.27 bits per heavy atom. The number of rotatable bonds is 7.